The van der Waals surface area contributed by atoms with E-state index in [2.05, 4.69) is 0 Å². The van der Waals surface area contributed by atoms with Crippen LogP contribution in [-0.2, 0) is 0 Å². The number of phenols is 1. The van der Waals surface area contributed by atoms with Gasteiger partial charge in [-0.05, 0) is 37.1 Å². The normalized spacial score (nSPS) is 12.1. The number of phenolic OH excluding ortho intramolecular Hbond substituents is 1. The molecule has 2 heterocycles. The molecule has 5 rings (SSSR count). The molecule has 0 fully saturated rings. The average Bonchev–Trinajstić information content (AvgIpc) is 2.56. The van der Waals surface area contributed by atoms with Crippen LogP contribution in [0.15, 0.2) is 48.8 Å². The lowest BCUT2D eigenvalue weighted by atomic mass is 9.95. The van der Waals surface area contributed by atoms with Gasteiger partial charge in [-0.15, -0.1) is 0 Å². The number of aromatic hydroxyl groups is 1. The second-order valence-electron chi connectivity index (χ2n) is 6.39. The highest BCUT2D eigenvalue weighted by Gasteiger charge is 2.23. The smallest absolute Gasteiger partial charge is 0.348 e. The van der Waals surface area contributed by atoms with E-state index >= 15 is 0 Å². The van der Waals surface area contributed by atoms with Crippen LogP contribution in [0.25, 0.3) is 43.5 Å². The van der Waals surface area contributed by atoms with E-state index in [9.17, 15) is 14.7 Å². The van der Waals surface area contributed by atoms with Crippen LogP contribution in [0.3, 0.4) is 0 Å². The summed E-state index contributed by atoms with van der Waals surface area (Å²) in [5.74, 6) is -0.155. The number of hydrogen-bond donors (Lipinski definition) is 1. The Morgan fingerprint density at radius 2 is 1.64 bits per heavy atom. The van der Waals surface area contributed by atoms with Gasteiger partial charge < -0.3 is 13.9 Å². The number of benzene rings is 3. The lowest BCUT2D eigenvalue weighted by Gasteiger charge is -2.13. The number of hydrogen-bond acceptors (Lipinski definition) is 5. The molecule has 0 unspecified atom stereocenters. The summed E-state index contributed by atoms with van der Waals surface area (Å²) in [5, 5.41) is 13.1. The SMILES string of the molecule is Cc1cc2oc(=O)c3c(O)c4cccc(C)c4c4oc(=O)c(c1)c2c34. The summed E-state index contributed by atoms with van der Waals surface area (Å²) < 4.78 is 11.0. The molecule has 0 spiro atoms. The van der Waals surface area contributed by atoms with Crippen LogP contribution in [0.2, 0.25) is 0 Å². The molecule has 0 saturated carbocycles. The van der Waals surface area contributed by atoms with Gasteiger partial charge in [-0.1, -0.05) is 18.2 Å². The van der Waals surface area contributed by atoms with Crippen molar-refractivity contribution < 1.29 is 13.9 Å². The van der Waals surface area contributed by atoms with Crippen LogP contribution in [0.5, 0.6) is 5.75 Å². The van der Waals surface area contributed by atoms with Gasteiger partial charge in [-0.2, -0.15) is 0 Å². The van der Waals surface area contributed by atoms with Gasteiger partial charge in [0.25, 0.3) is 0 Å². The number of fused-ring (bicyclic) bond motifs is 2. The van der Waals surface area contributed by atoms with Crippen LogP contribution in [-0.4, -0.2) is 5.11 Å². The zero-order valence-corrected chi connectivity index (χ0v) is 13.5. The van der Waals surface area contributed by atoms with Crippen LogP contribution < -0.4 is 11.3 Å². The van der Waals surface area contributed by atoms with Crippen molar-refractivity contribution in [3.8, 4) is 5.75 Å². The standard InChI is InChI=1S/C20H12O5/c1-8-6-11-14-12(7-8)24-20(23)16-15(14)18(25-19(11)22)13-9(2)4-3-5-10(13)17(16)21/h3-7,21H,1-2H3. The number of rotatable bonds is 0. The van der Waals surface area contributed by atoms with E-state index in [1.807, 2.05) is 19.9 Å². The zero-order chi connectivity index (χ0) is 17.5. The van der Waals surface area contributed by atoms with E-state index < -0.39 is 11.3 Å². The fourth-order valence-electron chi connectivity index (χ4n) is 3.75. The minimum absolute atomic E-state index is 0.0400. The molecule has 0 amide bonds. The average molecular weight is 332 g/mol. The van der Waals surface area contributed by atoms with Crippen molar-refractivity contribution in [1.82, 2.24) is 0 Å². The van der Waals surface area contributed by atoms with Crippen molar-refractivity contribution in [2.24, 2.45) is 0 Å². The molecular weight excluding hydrogens is 320 g/mol. The van der Waals surface area contributed by atoms with E-state index in [1.54, 1.807) is 24.3 Å². The maximum atomic E-state index is 12.6. The molecule has 0 saturated heterocycles. The monoisotopic (exact) mass is 332 g/mol. The van der Waals surface area contributed by atoms with E-state index in [0.29, 0.717) is 38.1 Å². The molecule has 25 heavy (non-hydrogen) atoms. The first-order valence-electron chi connectivity index (χ1n) is 7.85. The summed E-state index contributed by atoms with van der Waals surface area (Å²) in [6.45, 7) is 3.68. The van der Waals surface area contributed by atoms with Crippen molar-refractivity contribution in [1.29, 1.82) is 0 Å². The Hall–Kier alpha value is -3.34. The second kappa shape index (κ2) is 4.39. The Labute approximate surface area is 140 Å². The molecule has 0 atom stereocenters. The van der Waals surface area contributed by atoms with Gasteiger partial charge in [0.15, 0.2) is 0 Å². The maximum Gasteiger partial charge on any atom is 0.348 e. The Morgan fingerprint density at radius 3 is 2.44 bits per heavy atom. The summed E-state index contributed by atoms with van der Waals surface area (Å²) in [5.41, 5.74) is 1.10. The summed E-state index contributed by atoms with van der Waals surface area (Å²) in [7, 11) is 0. The zero-order valence-electron chi connectivity index (χ0n) is 13.5. The van der Waals surface area contributed by atoms with Gasteiger partial charge in [0.05, 0.1) is 5.39 Å². The highest BCUT2D eigenvalue weighted by molar-refractivity contribution is 6.28. The number of aryl methyl sites for hydroxylation is 2. The van der Waals surface area contributed by atoms with Gasteiger partial charge >= 0.3 is 11.3 Å². The molecule has 0 bridgehead atoms. The fraction of sp³-hybridized carbons (Fsp3) is 0.100. The highest BCUT2D eigenvalue weighted by atomic mass is 16.4. The molecule has 3 aromatic carbocycles. The minimum atomic E-state index is -0.654. The molecule has 0 radical (unpaired) electrons. The summed E-state index contributed by atoms with van der Waals surface area (Å²) in [6, 6.07) is 8.74. The topological polar surface area (TPSA) is 80.7 Å². The molecule has 0 aliphatic rings. The van der Waals surface area contributed by atoms with E-state index in [-0.39, 0.29) is 11.1 Å². The second-order valence-corrected chi connectivity index (χ2v) is 6.39. The Morgan fingerprint density at radius 1 is 0.840 bits per heavy atom. The maximum absolute atomic E-state index is 12.6. The van der Waals surface area contributed by atoms with E-state index in [0.717, 1.165) is 11.1 Å². The third kappa shape index (κ3) is 1.62. The van der Waals surface area contributed by atoms with Crippen molar-refractivity contribution in [3.63, 3.8) is 0 Å². The van der Waals surface area contributed by atoms with Crippen molar-refractivity contribution in [3.05, 3.63) is 62.3 Å². The summed E-state index contributed by atoms with van der Waals surface area (Å²) in [4.78, 5) is 25.1. The van der Waals surface area contributed by atoms with Crippen LogP contribution in [0.4, 0.5) is 0 Å². The van der Waals surface area contributed by atoms with Gasteiger partial charge in [0.1, 0.15) is 22.3 Å². The van der Waals surface area contributed by atoms with Gasteiger partial charge in [0.2, 0.25) is 0 Å². The lowest BCUT2D eigenvalue weighted by Crippen LogP contribution is -2.07. The van der Waals surface area contributed by atoms with Crippen LogP contribution >= 0.6 is 0 Å². The molecule has 5 heteroatoms. The van der Waals surface area contributed by atoms with E-state index in [4.69, 9.17) is 8.83 Å². The van der Waals surface area contributed by atoms with Crippen LogP contribution in [0, 0.1) is 13.8 Å². The first kappa shape index (κ1) is 14.0. The first-order chi connectivity index (χ1) is 12.0. The van der Waals surface area contributed by atoms with Gasteiger partial charge in [0, 0.05) is 21.5 Å². The van der Waals surface area contributed by atoms with Gasteiger partial charge in [-0.3, -0.25) is 0 Å². The van der Waals surface area contributed by atoms with Crippen molar-refractivity contribution in [2.45, 2.75) is 13.8 Å². The molecule has 5 nitrogen and oxygen atoms in total. The Bertz CT molecular complexity index is 1450. The summed E-state index contributed by atoms with van der Waals surface area (Å²) in [6.07, 6.45) is 0. The molecule has 5 aromatic rings. The Kier molecular flexibility index (Phi) is 2.46. The first-order valence-corrected chi connectivity index (χ1v) is 7.85. The van der Waals surface area contributed by atoms with E-state index in [1.165, 1.54) is 0 Å². The van der Waals surface area contributed by atoms with Crippen LogP contribution in [0.1, 0.15) is 11.1 Å². The molecule has 1 N–H and O–H groups in total. The van der Waals surface area contributed by atoms with Crippen molar-refractivity contribution >= 4 is 43.5 Å². The highest BCUT2D eigenvalue weighted by Crippen LogP contribution is 2.42. The molecule has 0 aliphatic carbocycles. The summed E-state index contributed by atoms with van der Waals surface area (Å²) >= 11 is 0. The predicted molar refractivity (Wildman–Crippen MR) is 95.9 cm³/mol. The lowest BCUT2D eigenvalue weighted by molar-refractivity contribution is 0.483. The largest absolute Gasteiger partial charge is 0.506 e. The quantitative estimate of drug-likeness (QED) is 0.264. The molecular formula is C20H12O5. The molecule has 0 aliphatic heterocycles. The third-order valence-corrected chi connectivity index (χ3v) is 4.79. The van der Waals surface area contributed by atoms with Gasteiger partial charge in [-0.25, -0.2) is 9.59 Å². The molecule has 122 valence electrons. The third-order valence-electron chi connectivity index (χ3n) is 4.79. The van der Waals surface area contributed by atoms with Crippen molar-refractivity contribution in [2.75, 3.05) is 0 Å². The molecule has 2 aromatic heterocycles. The predicted octanol–water partition coefficient (Wildman–Crippen LogP) is 3.97. The fourth-order valence-corrected chi connectivity index (χ4v) is 3.75. The minimum Gasteiger partial charge on any atom is -0.506 e. The Balaban J connectivity index is 2.33.